The first-order valence-corrected chi connectivity index (χ1v) is 10.7. The molecule has 0 amide bonds. The lowest BCUT2D eigenvalue weighted by atomic mass is 9.82. The van der Waals surface area contributed by atoms with Crippen LogP contribution in [0.1, 0.15) is 70.6 Å². The highest BCUT2D eigenvalue weighted by Gasteiger charge is 2.25. The Morgan fingerprint density at radius 2 is 1.87 bits per heavy atom. The van der Waals surface area contributed by atoms with Gasteiger partial charge in [0.2, 0.25) is 0 Å². The van der Waals surface area contributed by atoms with Crippen molar-refractivity contribution in [3.05, 3.63) is 76.6 Å². The Hall–Kier alpha value is -2.75. The molecule has 0 N–H and O–H groups in total. The number of benzene rings is 1. The van der Waals surface area contributed by atoms with Gasteiger partial charge in [0.15, 0.2) is 0 Å². The first-order chi connectivity index (χ1) is 14.7. The molecule has 0 heterocycles. The fourth-order valence-corrected chi connectivity index (χ4v) is 4.02. The molecule has 0 unspecified atom stereocenters. The van der Waals surface area contributed by atoms with Crippen molar-refractivity contribution < 1.29 is 13.5 Å². The van der Waals surface area contributed by atoms with Crippen LogP contribution in [-0.2, 0) is 6.42 Å². The van der Waals surface area contributed by atoms with Gasteiger partial charge in [-0.15, -0.1) is 0 Å². The van der Waals surface area contributed by atoms with Crippen LogP contribution in [0.25, 0.3) is 11.1 Å². The topological polar surface area (TPSA) is 21.6 Å². The van der Waals surface area contributed by atoms with Gasteiger partial charge in [0.25, 0.3) is 0 Å². The van der Waals surface area contributed by atoms with Crippen molar-refractivity contribution in [2.75, 3.05) is 7.11 Å². The number of fused-ring (bicyclic) bond motifs is 1. The summed E-state index contributed by atoms with van der Waals surface area (Å²) in [5.74, 6) is 0.0357. The summed E-state index contributed by atoms with van der Waals surface area (Å²) in [5.41, 5.74) is 5.68. The fourth-order valence-electron chi connectivity index (χ4n) is 4.02. The molecule has 0 atom stereocenters. The van der Waals surface area contributed by atoms with Crippen LogP contribution in [0, 0.1) is 0 Å². The predicted octanol–water partition coefficient (Wildman–Crippen LogP) is 8.32. The lowest BCUT2D eigenvalue weighted by Crippen LogP contribution is -2.08. The Balaban J connectivity index is 2.66. The van der Waals surface area contributed by atoms with Crippen molar-refractivity contribution in [1.82, 2.24) is 0 Å². The van der Waals surface area contributed by atoms with Gasteiger partial charge in [-0.1, -0.05) is 33.1 Å². The average Bonchev–Trinajstić information content (AvgIpc) is 2.77. The predicted molar refractivity (Wildman–Crippen MR) is 129 cm³/mol. The monoisotopic (exact) mass is 425 g/mol. The molecule has 2 nitrogen and oxygen atoms in total. The van der Waals surface area contributed by atoms with Crippen LogP contribution >= 0.6 is 0 Å². The van der Waals surface area contributed by atoms with Crippen molar-refractivity contribution in [2.45, 2.75) is 60.3 Å². The summed E-state index contributed by atoms with van der Waals surface area (Å²) in [5, 5.41) is 0. The van der Waals surface area contributed by atoms with Crippen molar-refractivity contribution in [3.63, 3.8) is 0 Å². The second-order valence-electron chi connectivity index (χ2n) is 7.68. The minimum atomic E-state index is -0.443. The zero-order valence-electron chi connectivity index (χ0n) is 19.6. The summed E-state index contributed by atoms with van der Waals surface area (Å²) in [7, 11) is 1.57. The maximum absolute atomic E-state index is 15.7. The van der Waals surface area contributed by atoms with E-state index in [9.17, 15) is 4.39 Å². The van der Waals surface area contributed by atoms with Crippen LogP contribution in [0.15, 0.2) is 64.9 Å². The normalized spacial score (nSPS) is 15.5. The van der Waals surface area contributed by atoms with Gasteiger partial charge in [-0.3, -0.25) is 4.99 Å². The molecule has 0 aromatic heterocycles. The molecular weight excluding hydrogens is 392 g/mol. The molecule has 31 heavy (non-hydrogen) atoms. The quantitative estimate of drug-likeness (QED) is 0.303. The van der Waals surface area contributed by atoms with E-state index in [1.165, 1.54) is 0 Å². The number of ether oxygens (including phenoxy) is 1. The van der Waals surface area contributed by atoms with Crippen molar-refractivity contribution >= 4 is 16.9 Å². The van der Waals surface area contributed by atoms with Crippen molar-refractivity contribution in [3.8, 4) is 5.75 Å². The highest BCUT2D eigenvalue weighted by Crippen LogP contribution is 2.42. The first kappa shape index (κ1) is 24.5. The van der Waals surface area contributed by atoms with Crippen molar-refractivity contribution in [1.29, 1.82) is 0 Å². The van der Waals surface area contributed by atoms with Gasteiger partial charge in [0, 0.05) is 23.4 Å². The largest absolute Gasteiger partial charge is 0.497 e. The van der Waals surface area contributed by atoms with E-state index < -0.39 is 5.83 Å². The highest BCUT2D eigenvalue weighted by atomic mass is 19.1. The molecule has 4 heteroatoms. The third-order valence-corrected chi connectivity index (χ3v) is 5.76. The molecule has 1 aliphatic carbocycles. The standard InChI is InChI=1S/C27H33F2NO/c1-9-16(4)30-19(7)22(10-2)17(5)27(29)18(6)24-15-21(31-8)14-20-12-13-25(28)23(11-3)26(20)24/h10,14-15H,4,6,9,11-13H2,1-3,5,7-8H3/b22-10?,27-17+,30-19?. The van der Waals surface area contributed by atoms with Gasteiger partial charge >= 0.3 is 0 Å². The van der Waals surface area contributed by atoms with Crippen LogP contribution in [0.2, 0.25) is 0 Å². The van der Waals surface area contributed by atoms with E-state index in [1.54, 1.807) is 20.1 Å². The molecule has 1 aliphatic rings. The van der Waals surface area contributed by atoms with Gasteiger partial charge in [0.1, 0.15) is 17.4 Å². The number of methoxy groups -OCH3 is 1. The van der Waals surface area contributed by atoms with Crippen LogP contribution < -0.4 is 4.74 Å². The van der Waals surface area contributed by atoms with Crippen LogP contribution in [0.5, 0.6) is 5.75 Å². The molecule has 0 spiro atoms. The molecule has 0 saturated carbocycles. The summed E-state index contributed by atoms with van der Waals surface area (Å²) < 4.78 is 35.8. The number of aliphatic imine (C=N–C) groups is 1. The number of rotatable bonds is 8. The molecule has 0 radical (unpaired) electrons. The van der Waals surface area contributed by atoms with Gasteiger partial charge in [0.05, 0.1) is 7.11 Å². The maximum atomic E-state index is 15.7. The third kappa shape index (κ3) is 5.12. The number of hydrogen-bond acceptors (Lipinski definition) is 2. The SMILES string of the molecule is C=C(CC)N=C(C)C(=CC)/C(C)=C(/F)C(=C)c1cc(OC)cc2c1C(CC)=C(F)CC2. The molecule has 166 valence electrons. The second-order valence-corrected chi connectivity index (χ2v) is 7.68. The summed E-state index contributed by atoms with van der Waals surface area (Å²) in [6.45, 7) is 17.3. The Labute approximate surface area is 185 Å². The van der Waals surface area contributed by atoms with E-state index in [2.05, 4.69) is 18.2 Å². The van der Waals surface area contributed by atoms with Gasteiger partial charge in [-0.2, -0.15) is 0 Å². The smallest absolute Gasteiger partial charge is 0.134 e. The summed E-state index contributed by atoms with van der Waals surface area (Å²) >= 11 is 0. The zero-order chi connectivity index (χ0) is 23.3. The summed E-state index contributed by atoms with van der Waals surface area (Å²) in [6.07, 6.45) is 3.99. The third-order valence-electron chi connectivity index (χ3n) is 5.76. The molecular formula is C27H33F2NO. The molecule has 0 fully saturated rings. The van der Waals surface area contributed by atoms with Crippen molar-refractivity contribution in [2.24, 2.45) is 4.99 Å². The van der Waals surface area contributed by atoms with Gasteiger partial charge in [-0.25, -0.2) is 8.78 Å². The second kappa shape index (κ2) is 10.5. The number of aryl methyl sites for hydroxylation is 1. The number of allylic oxidation sites excluding steroid dienone is 8. The van der Waals surface area contributed by atoms with E-state index in [0.29, 0.717) is 53.0 Å². The molecule has 0 saturated heterocycles. The van der Waals surface area contributed by atoms with E-state index in [-0.39, 0.29) is 11.4 Å². The number of halogens is 2. The van der Waals surface area contributed by atoms with E-state index in [1.807, 2.05) is 39.8 Å². The summed E-state index contributed by atoms with van der Waals surface area (Å²) in [4.78, 5) is 4.48. The van der Waals surface area contributed by atoms with E-state index in [0.717, 1.165) is 23.2 Å². The van der Waals surface area contributed by atoms with Crippen LogP contribution in [0.4, 0.5) is 8.78 Å². The Kier molecular flexibility index (Phi) is 8.32. The van der Waals surface area contributed by atoms with E-state index >= 15 is 4.39 Å². The van der Waals surface area contributed by atoms with Gasteiger partial charge in [-0.05, 0) is 85.6 Å². The molecule has 2 rings (SSSR count). The molecule has 0 bridgehead atoms. The first-order valence-electron chi connectivity index (χ1n) is 10.7. The van der Waals surface area contributed by atoms with Gasteiger partial charge < -0.3 is 4.74 Å². The van der Waals surface area contributed by atoms with E-state index in [4.69, 9.17) is 4.74 Å². The van der Waals surface area contributed by atoms with Crippen LogP contribution in [0.3, 0.4) is 0 Å². The minimum absolute atomic E-state index is 0.134. The molecule has 1 aromatic rings. The molecule has 1 aromatic carbocycles. The Morgan fingerprint density at radius 1 is 1.19 bits per heavy atom. The lowest BCUT2D eigenvalue weighted by molar-refractivity contribution is 0.414. The molecule has 0 aliphatic heterocycles. The highest BCUT2D eigenvalue weighted by molar-refractivity contribution is 6.03. The maximum Gasteiger partial charge on any atom is 0.134 e. The summed E-state index contributed by atoms with van der Waals surface area (Å²) in [6, 6.07) is 3.66. The average molecular weight is 426 g/mol. The number of nitrogens with zero attached hydrogens (tertiary/aromatic N) is 1. The lowest BCUT2D eigenvalue weighted by Gasteiger charge is -2.24. The Morgan fingerprint density at radius 3 is 2.42 bits per heavy atom. The van der Waals surface area contributed by atoms with Crippen LogP contribution in [-0.4, -0.2) is 12.8 Å². The Bertz CT molecular complexity index is 1020. The zero-order valence-corrected chi connectivity index (χ0v) is 19.6. The minimum Gasteiger partial charge on any atom is -0.497 e. The number of hydrogen-bond donors (Lipinski definition) is 0. The fraction of sp³-hybridized carbons (Fsp3) is 0.370.